The molecule has 1 heterocycles. The molecule has 0 N–H and O–H groups in total. The molecule has 4 nitrogen and oxygen atoms in total. The second-order valence-corrected chi connectivity index (χ2v) is 4.12. The topological polar surface area (TPSA) is 40.5 Å². The highest BCUT2D eigenvalue weighted by Crippen LogP contribution is 2.17. The molecule has 0 saturated carbocycles. The van der Waals surface area contributed by atoms with Gasteiger partial charge < -0.3 is 14.0 Å². The van der Waals surface area contributed by atoms with E-state index in [1.54, 1.807) is 22.8 Å². The van der Waals surface area contributed by atoms with Gasteiger partial charge in [0, 0.05) is 13.2 Å². The van der Waals surface area contributed by atoms with Crippen molar-refractivity contribution in [3.63, 3.8) is 0 Å². The van der Waals surface area contributed by atoms with Crippen molar-refractivity contribution in [1.29, 1.82) is 0 Å². The summed E-state index contributed by atoms with van der Waals surface area (Å²) in [5.74, 6) is 1.41. The predicted octanol–water partition coefficient (Wildman–Crippen LogP) is 2.69. The first kappa shape index (κ1) is 13.2. The van der Waals surface area contributed by atoms with Gasteiger partial charge in [-0.25, -0.2) is 0 Å². The third-order valence-electron chi connectivity index (χ3n) is 2.73. The van der Waals surface area contributed by atoms with Crippen LogP contribution in [0.25, 0.3) is 0 Å². The summed E-state index contributed by atoms with van der Waals surface area (Å²) in [6.07, 6.45) is 1.84. The summed E-state index contributed by atoms with van der Waals surface area (Å²) in [6, 6.07) is 10.9. The number of carbonyl (C=O) groups is 1. The first-order valence-electron chi connectivity index (χ1n) is 6.21. The van der Waals surface area contributed by atoms with Crippen molar-refractivity contribution < 1.29 is 14.3 Å². The smallest absolute Gasteiger partial charge is 0.216 e. The third-order valence-corrected chi connectivity index (χ3v) is 2.73. The standard InChI is InChI=1S/C15H17NO3/c1-3-18-12-6-8-13(9-7-12)19-11-15(17)14-5-4-10-16(14)2/h4-10H,3,11H2,1-2H3. The number of aryl methyl sites for hydroxylation is 1. The number of carbonyl (C=O) groups excluding carboxylic acids is 1. The van der Waals surface area contributed by atoms with Crippen LogP contribution in [0, 0.1) is 0 Å². The Morgan fingerprint density at radius 3 is 2.26 bits per heavy atom. The number of ether oxygens (including phenoxy) is 2. The molecule has 0 amide bonds. The molecule has 0 aliphatic carbocycles. The van der Waals surface area contributed by atoms with Crippen LogP contribution in [0.4, 0.5) is 0 Å². The summed E-state index contributed by atoms with van der Waals surface area (Å²) in [5.41, 5.74) is 0.644. The Bertz CT molecular complexity index is 543. The molecule has 0 radical (unpaired) electrons. The van der Waals surface area contributed by atoms with E-state index in [1.807, 2.05) is 38.4 Å². The lowest BCUT2D eigenvalue weighted by atomic mass is 10.3. The number of Topliss-reactive ketones (excluding diaryl/α,β-unsaturated/α-hetero) is 1. The summed E-state index contributed by atoms with van der Waals surface area (Å²) >= 11 is 0. The maximum absolute atomic E-state index is 11.9. The molecule has 1 aromatic heterocycles. The van der Waals surface area contributed by atoms with Gasteiger partial charge in [-0.2, -0.15) is 0 Å². The Morgan fingerprint density at radius 1 is 1.11 bits per heavy atom. The first-order valence-corrected chi connectivity index (χ1v) is 6.21. The molecule has 0 fully saturated rings. The molecule has 100 valence electrons. The van der Waals surface area contributed by atoms with Gasteiger partial charge in [0.15, 0.2) is 6.61 Å². The average molecular weight is 259 g/mol. The van der Waals surface area contributed by atoms with Gasteiger partial charge in [0.2, 0.25) is 5.78 Å². The Morgan fingerprint density at radius 2 is 1.74 bits per heavy atom. The van der Waals surface area contributed by atoms with E-state index in [2.05, 4.69) is 0 Å². The van der Waals surface area contributed by atoms with Gasteiger partial charge in [-0.05, 0) is 43.3 Å². The Labute approximate surface area is 112 Å². The van der Waals surface area contributed by atoms with Crippen LogP contribution in [0.1, 0.15) is 17.4 Å². The lowest BCUT2D eigenvalue weighted by molar-refractivity contribution is 0.0913. The molecule has 0 aliphatic heterocycles. The van der Waals surface area contributed by atoms with E-state index in [4.69, 9.17) is 9.47 Å². The first-order chi connectivity index (χ1) is 9.20. The van der Waals surface area contributed by atoms with Gasteiger partial charge in [-0.15, -0.1) is 0 Å². The van der Waals surface area contributed by atoms with Crippen molar-refractivity contribution in [3.8, 4) is 11.5 Å². The minimum Gasteiger partial charge on any atom is -0.494 e. The highest BCUT2D eigenvalue weighted by Gasteiger charge is 2.09. The van der Waals surface area contributed by atoms with Crippen molar-refractivity contribution in [1.82, 2.24) is 4.57 Å². The third kappa shape index (κ3) is 3.37. The highest BCUT2D eigenvalue weighted by molar-refractivity contribution is 5.95. The van der Waals surface area contributed by atoms with Crippen molar-refractivity contribution in [2.75, 3.05) is 13.2 Å². The number of hydrogen-bond donors (Lipinski definition) is 0. The largest absolute Gasteiger partial charge is 0.494 e. The van der Waals surface area contributed by atoms with Crippen LogP contribution in [-0.4, -0.2) is 23.6 Å². The molecule has 2 rings (SSSR count). The Hall–Kier alpha value is -2.23. The molecule has 2 aromatic rings. The zero-order valence-corrected chi connectivity index (χ0v) is 11.1. The molecule has 0 unspecified atom stereocenters. The summed E-state index contributed by atoms with van der Waals surface area (Å²) in [6.45, 7) is 2.60. The second-order valence-electron chi connectivity index (χ2n) is 4.12. The lowest BCUT2D eigenvalue weighted by Gasteiger charge is -2.07. The van der Waals surface area contributed by atoms with Gasteiger partial charge in [0.05, 0.1) is 12.3 Å². The van der Waals surface area contributed by atoms with Crippen LogP contribution >= 0.6 is 0 Å². The van der Waals surface area contributed by atoms with Crippen LogP contribution in [-0.2, 0) is 7.05 Å². The van der Waals surface area contributed by atoms with Gasteiger partial charge >= 0.3 is 0 Å². The molecule has 0 spiro atoms. The number of ketones is 1. The van der Waals surface area contributed by atoms with Crippen molar-refractivity contribution in [3.05, 3.63) is 48.3 Å². The maximum atomic E-state index is 11.9. The van der Waals surface area contributed by atoms with Crippen molar-refractivity contribution in [2.45, 2.75) is 6.92 Å². The molecule has 0 saturated heterocycles. The summed E-state index contributed by atoms with van der Waals surface area (Å²) in [7, 11) is 1.84. The van der Waals surface area contributed by atoms with Crippen LogP contribution < -0.4 is 9.47 Å². The zero-order chi connectivity index (χ0) is 13.7. The van der Waals surface area contributed by atoms with Gasteiger partial charge in [-0.3, -0.25) is 4.79 Å². The maximum Gasteiger partial charge on any atom is 0.216 e. The van der Waals surface area contributed by atoms with Crippen molar-refractivity contribution >= 4 is 5.78 Å². The van der Waals surface area contributed by atoms with Crippen LogP contribution in [0.5, 0.6) is 11.5 Å². The van der Waals surface area contributed by atoms with Crippen LogP contribution in [0.3, 0.4) is 0 Å². The van der Waals surface area contributed by atoms with Crippen LogP contribution in [0.15, 0.2) is 42.6 Å². The van der Waals surface area contributed by atoms with E-state index in [0.717, 1.165) is 5.75 Å². The Kier molecular flexibility index (Phi) is 4.23. The Balaban J connectivity index is 1.92. The number of rotatable bonds is 6. The fraction of sp³-hybridized carbons (Fsp3) is 0.267. The second kappa shape index (κ2) is 6.09. The van der Waals surface area contributed by atoms with E-state index in [-0.39, 0.29) is 12.4 Å². The molecule has 0 atom stereocenters. The number of aromatic nitrogens is 1. The van der Waals surface area contributed by atoms with Gasteiger partial charge in [0.25, 0.3) is 0 Å². The van der Waals surface area contributed by atoms with E-state index < -0.39 is 0 Å². The number of nitrogens with zero attached hydrogens (tertiary/aromatic N) is 1. The average Bonchev–Trinajstić information content (AvgIpc) is 2.84. The fourth-order valence-electron chi connectivity index (χ4n) is 1.77. The summed E-state index contributed by atoms with van der Waals surface area (Å²) in [4.78, 5) is 11.9. The summed E-state index contributed by atoms with van der Waals surface area (Å²) < 4.78 is 12.6. The highest BCUT2D eigenvalue weighted by atomic mass is 16.5. The summed E-state index contributed by atoms with van der Waals surface area (Å²) in [5, 5.41) is 0. The molecule has 1 aromatic carbocycles. The number of benzene rings is 1. The molecular weight excluding hydrogens is 242 g/mol. The predicted molar refractivity (Wildman–Crippen MR) is 72.8 cm³/mol. The van der Waals surface area contributed by atoms with Crippen LogP contribution in [0.2, 0.25) is 0 Å². The number of hydrogen-bond acceptors (Lipinski definition) is 3. The van der Waals surface area contributed by atoms with E-state index in [1.165, 1.54) is 0 Å². The lowest BCUT2D eigenvalue weighted by Crippen LogP contribution is -2.14. The normalized spacial score (nSPS) is 10.2. The molecule has 4 heteroatoms. The minimum absolute atomic E-state index is 0.0336. The van der Waals surface area contributed by atoms with Gasteiger partial charge in [0.1, 0.15) is 11.5 Å². The molecular formula is C15H17NO3. The van der Waals surface area contributed by atoms with E-state index in [9.17, 15) is 4.79 Å². The monoisotopic (exact) mass is 259 g/mol. The fourth-order valence-corrected chi connectivity index (χ4v) is 1.77. The zero-order valence-electron chi connectivity index (χ0n) is 11.1. The minimum atomic E-state index is -0.0404. The molecule has 19 heavy (non-hydrogen) atoms. The molecule has 0 bridgehead atoms. The van der Waals surface area contributed by atoms with E-state index >= 15 is 0 Å². The quantitative estimate of drug-likeness (QED) is 0.749. The van der Waals surface area contributed by atoms with Crippen molar-refractivity contribution in [2.24, 2.45) is 7.05 Å². The molecule has 0 aliphatic rings. The van der Waals surface area contributed by atoms with Gasteiger partial charge in [-0.1, -0.05) is 0 Å². The van der Waals surface area contributed by atoms with E-state index in [0.29, 0.717) is 18.1 Å². The SMILES string of the molecule is CCOc1ccc(OCC(=O)c2cccn2C)cc1.